The molecule has 692 valence electrons. The molecule has 16 unspecified atom stereocenters. The molecule has 0 aromatic heterocycles. The van der Waals surface area contributed by atoms with Crippen LogP contribution in [0, 0.1) is 47.3 Å². The minimum atomic E-state index is -3.24. The number of rotatable bonds is 84. The summed E-state index contributed by atoms with van der Waals surface area (Å²) in [6, 6.07) is 0. The second kappa shape index (κ2) is 72.0. The molecule has 0 fully saturated rings. The Morgan fingerprint density at radius 3 is 0.504 bits per heavy atom. The van der Waals surface area contributed by atoms with Gasteiger partial charge in [-0.2, -0.15) is 0 Å². The fourth-order valence-electron chi connectivity index (χ4n) is 11.7. The summed E-state index contributed by atoms with van der Waals surface area (Å²) in [5, 5.41) is 0. The van der Waals surface area contributed by atoms with Crippen LogP contribution < -0.4 is 0 Å². The van der Waals surface area contributed by atoms with E-state index < -0.39 is 52.1 Å². The van der Waals surface area contributed by atoms with E-state index in [1.54, 1.807) is 45.5 Å². The molecule has 0 saturated heterocycles. The quantitative estimate of drug-likeness (QED) is 0.0457. The van der Waals surface area contributed by atoms with Crippen LogP contribution in [0.25, 0.3) is 0 Å². The summed E-state index contributed by atoms with van der Waals surface area (Å²) in [4.78, 5) is 0. The van der Waals surface area contributed by atoms with Crippen LogP contribution in [0.3, 0.4) is 0 Å². The van der Waals surface area contributed by atoms with Crippen LogP contribution in [-0.2, 0) is 146 Å². The summed E-state index contributed by atoms with van der Waals surface area (Å²) >= 11 is 59.5. The largest absolute Gasteiger partial charge is 0.321 e. The summed E-state index contributed by atoms with van der Waals surface area (Å²) in [5.41, 5.74) is -20.9. The average Bonchev–Trinajstić information content (AvgIpc) is 0.844. The molecule has 115 heavy (non-hydrogen) atoms. The molecular formula is C80H169O14P7S14. The lowest BCUT2D eigenvalue weighted by Crippen LogP contribution is -2.18. The maximum Gasteiger partial charge on any atom is 0.248 e. The standard InChI is InChI=1S/C80H169O14P7S14/c1-23-39-46-74(32-10)54-82-96(104,81-53-73(30-8)31-9)110-63-69(19)91-100(108,92-70(20)64-111-97(105,83-55-75(33-11)47-40-24-2)84-56-76(34-12)48-41-25-3)114-61-67(17)89-95(102,103)90-68(18)62-115-101(109,93-71(21)65-112-98(106,85-57-77(35-13)49-42-26-4)86-58-78(36-14)50-43-27-5)94-72(22)66-113-99(107,87-59-79(37-15)51-44-28-6)88-60-80(38-16)52-45-29-7/h67-80H,23-66H2,1-22H3,(H,102,103). The molecule has 0 aromatic rings. The normalized spacial score (nSPS) is 19.6. The first-order valence-electron chi connectivity index (χ1n) is 44.6. The molecule has 0 aliphatic carbocycles. The van der Waals surface area contributed by atoms with Crippen molar-refractivity contribution in [2.24, 2.45) is 47.3 Å². The molecule has 0 rings (SSSR count). The molecule has 0 spiro atoms. The maximum atomic E-state index is 7.08. The summed E-state index contributed by atoms with van der Waals surface area (Å²) in [6.45, 7) is 52.4. The van der Waals surface area contributed by atoms with Crippen molar-refractivity contribution in [3.63, 3.8) is 0 Å². The van der Waals surface area contributed by atoms with Gasteiger partial charge < -0.3 is 63.3 Å². The van der Waals surface area contributed by atoms with Gasteiger partial charge in [0.05, 0.1) is 89.5 Å². The lowest BCUT2D eigenvalue weighted by molar-refractivity contribution is 0.183. The van der Waals surface area contributed by atoms with E-state index in [2.05, 4.69) is 111 Å². The number of thiol groups is 1. The van der Waals surface area contributed by atoms with Gasteiger partial charge >= 0.3 is 0 Å². The van der Waals surface area contributed by atoms with E-state index in [4.69, 9.17) is 158 Å². The third-order valence-corrected chi connectivity index (χ3v) is 55.7. The Kier molecular flexibility index (Phi) is 76.1. The predicted molar refractivity (Wildman–Crippen MR) is 552 cm³/mol. The fourth-order valence-corrected chi connectivity index (χ4v) is 43.8. The van der Waals surface area contributed by atoms with E-state index in [-0.39, 0.29) is 24.4 Å². The van der Waals surface area contributed by atoms with E-state index >= 15 is 0 Å². The molecule has 0 heterocycles. The van der Waals surface area contributed by atoms with Crippen LogP contribution in [-0.4, -0.2) is 124 Å². The number of hydrogen-bond acceptors (Lipinski definition) is 27. The Labute approximate surface area is 774 Å². The van der Waals surface area contributed by atoms with Crippen molar-refractivity contribution in [3.8, 4) is 0 Å². The van der Waals surface area contributed by atoms with Crippen molar-refractivity contribution in [1.29, 1.82) is 0 Å². The van der Waals surface area contributed by atoms with Gasteiger partial charge in [0.1, 0.15) is 0 Å². The predicted octanol–water partition coefficient (Wildman–Crippen LogP) is 33.4. The average molecular weight is 2020 g/mol. The van der Waals surface area contributed by atoms with Gasteiger partial charge in [0.25, 0.3) is 0 Å². The first-order valence-corrected chi connectivity index (χ1v) is 73.8. The summed E-state index contributed by atoms with van der Waals surface area (Å²) in [7, 11) is 0. The first kappa shape index (κ1) is 121. The van der Waals surface area contributed by atoms with E-state index in [0.717, 1.165) is 193 Å². The van der Waals surface area contributed by atoms with Crippen LogP contribution in [0.4, 0.5) is 0 Å². The van der Waals surface area contributed by atoms with E-state index in [1.165, 1.54) is 22.8 Å². The second-order valence-corrected chi connectivity index (χ2v) is 74.5. The second-order valence-electron chi connectivity index (χ2n) is 31.4. The molecule has 0 amide bonds. The molecule has 16 atom stereocenters. The van der Waals surface area contributed by atoms with Gasteiger partial charge in [-0.15, -0.1) is 0 Å². The molecule has 0 saturated carbocycles. The minimum absolute atomic E-state index is 0.378. The number of hydrogen-bond donors (Lipinski definition) is 1. The highest BCUT2D eigenvalue weighted by molar-refractivity contribution is 8.70. The van der Waals surface area contributed by atoms with Crippen molar-refractivity contribution in [2.45, 2.75) is 382 Å². The van der Waals surface area contributed by atoms with Crippen LogP contribution >= 0.6 is 120 Å². The zero-order valence-electron chi connectivity index (χ0n) is 75.8. The SMILES string of the molecule is CCCCC(CC)COP(=S)(OCC(CC)CC)SCC(C)OP(=S)(OC(C)CSP(=S)(OCC(CC)CCCC)OCC(CC)CCCC)SCC(C)OP(=S)(S)OC(C)CSP(=S)(OC(C)CSP(=S)(OCC(CC)CCCC)OCC(CC)CCCC)OC(C)CSP(=S)(OCC(CC)CCCC)OCC(CC)CCCC. The molecule has 0 aliphatic heterocycles. The molecule has 0 aromatic carbocycles. The van der Waals surface area contributed by atoms with Crippen LogP contribution in [0.1, 0.15) is 345 Å². The molecular weight excluding hydrogens is 1850 g/mol. The summed E-state index contributed by atoms with van der Waals surface area (Å²) in [5.74, 6) is 5.97. The van der Waals surface area contributed by atoms with Crippen molar-refractivity contribution < 1.29 is 63.3 Å². The molecule has 0 radical (unpaired) electrons. The van der Waals surface area contributed by atoms with Gasteiger partial charge in [0.15, 0.2) is 0 Å². The molecule has 14 nitrogen and oxygen atoms in total. The van der Waals surface area contributed by atoms with Crippen LogP contribution in [0.2, 0.25) is 0 Å². The van der Waals surface area contributed by atoms with Crippen LogP contribution in [0.15, 0.2) is 0 Å². The van der Waals surface area contributed by atoms with E-state index in [0.29, 0.717) is 135 Å². The minimum Gasteiger partial charge on any atom is -0.321 e. The zero-order valence-corrected chi connectivity index (χ0v) is 93.6. The Morgan fingerprint density at radius 2 is 0.357 bits per heavy atom. The maximum absolute atomic E-state index is 7.08. The summed E-state index contributed by atoms with van der Waals surface area (Å²) in [6.07, 6.45) is 30.4. The smallest absolute Gasteiger partial charge is 0.248 e. The lowest BCUT2D eigenvalue weighted by Gasteiger charge is -2.32. The van der Waals surface area contributed by atoms with Gasteiger partial charge in [0.2, 0.25) is 39.9 Å². The Morgan fingerprint density at radius 1 is 0.217 bits per heavy atom. The van der Waals surface area contributed by atoms with Gasteiger partial charge in [-0.25, -0.2) is 0 Å². The topological polar surface area (TPSA) is 129 Å². The molecule has 0 bridgehead atoms. The van der Waals surface area contributed by atoms with Gasteiger partial charge in [-0.05, 0) is 216 Å². The molecule has 35 heteroatoms. The van der Waals surface area contributed by atoms with Crippen molar-refractivity contribution in [2.75, 3.05) is 87.4 Å². The molecule has 0 aliphatic rings. The Balaban J connectivity index is 7.51. The van der Waals surface area contributed by atoms with Gasteiger partial charge in [-0.1, -0.05) is 339 Å². The number of unbranched alkanes of at least 4 members (excludes halogenated alkanes) is 7. The van der Waals surface area contributed by atoms with Crippen LogP contribution in [0.5, 0.6) is 0 Å². The summed E-state index contributed by atoms with van der Waals surface area (Å²) < 4.78 is 95.9. The van der Waals surface area contributed by atoms with E-state index in [9.17, 15) is 0 Å². The molecule has 0 N–H and O–H groups in total. The Hall–Kier alpha value is 6.44. The monoisotopic (exact) mass is 2020 g/mol. The Bertz CT molecular complexity index is 2590. The van der Waals surface area contributed by atoms with Gasteiger partial charge in [-0.3, -0.25) is 0 Å². The highest BCUT2D eigenvalue weighted by Gasteiger charge is 2.37. The zero-order chi connectivity index (χ0) is 86.8. The van der Waals surface area contributed by atoms with Crippen molar-refractivity contribution >= 4 is 203 Å². The highest BCUT2D eigenvalue weighted by atomic mass is 32.9. The van der Waals surface area contributed by atoms with Crippen molar-refractivity contribution in [1.82, 2.24) is 0 Å². The third-order valence-electron chi connectivity index (χ3n) is 20.4. The van der Waals surface area contributed by atoms with Crippen molar-refractivity contribution in [3.05, 3.63) is 0 Å². The third kappa shape index (κ3) is 61.0. The highest BCUT2D eigenvalue weighted by Crippen LogP contribution is 2.70. The lowest BCUT2D eigenvalue weighted by atomic mass is 10.0. The fraction of sp³-hybridized carbons (Fsp3) is 1.00. The van der Waals surface area contributed by atoms with Gasteiger partial charge in [0, 0.05) is 34.5 Å². The first-order chi connectivity index (χ1) is 54.5. The van der Waals surface area contributed by atoms with E-state index in [1.807, 2.05) is 41.5 Å².